The Hall–Kier alpha value is -1.41. The lowest BCUT2D eigenvalue weighted by Gasteiger charge is -2.32. The quantitative estimate of drug-likeness (QED) is 0.416. The third-order valence-electron chi connectivity index (χ3n) is 8.07. The number of hydrogen-bond donors (Lipinski definition) is 0. The molecule has 2 saturated carbocycles. The minimum absolute atomic E-state index is 0.0613. The molecule has 0 spiro atoms. The highest BCUT2D eigenvalue weighted by Gasteiger charge is 2.25. The SMILES string of the molecule is CC[C@H]1CC[C@H](CC[C@H]2CC[C@H](c3ccc(-c4ccc(Cl)c(F)c4)c(F)c3)CC2)CC1. The smallest absolute Gasteiger partial charge is 0.142 e. The number of halogens is 3. The highest BCUT2D eigenvalue weighted by molar-refractivity contribution is 6.30. The lowest BCUT2D eigenvalue weighted by atomic mass is 9.74. The third kappa shape index (κ3) is 5.69. The van der Waals surface area contributed by atoms with Gasteiger partial charge in [-0.25, -0.2) is 8.78 Å². The van der Waals surface area contributed by atoms with Crippen molar-refractivity contribution in [3.05, 3.63) is 58.6 Å². The summed E-state index contributed by atoms with van der Waals surface area (Å²) in [7, 11) is 0. The standard InChI is InChI=1S/C28H35ClF2/c1-2-19-3-5-20(6-4-19)7-8-21-9-11-22(12-10-21)23-13-15-25(27(30)17-23)24-14-16-26(29)28(31)18-24/h13-22H,2-12H2,1H3/t19-,20-,21-,22-. The summed E-state index contributed by atoms with van der Waals surface area (Å²) in [5.74, 6) is 2.45. The van der Waals surface area contributed by atoms with E-state index in [-0.39, 0.29) is 10.8 Å². The van der Waals surface area contributed by atoms with Gasteiger partial charge in [-0.15, -0.1) is 0 Å². The topological polar surface area (TPSA) is 0 Å². The van der Waals surface area contributed by atoms with Gasteiger partial charge in [0.15, 0.2) is 0 Å². The predicted octanol–water partition coefficient (Wildman–Crippen LogP) is 9.56. The first-order chi connectivity index (χ1) is 15.0. The fourth-order valence-electron chi connectivity index (χ4n) is 5.87. The summed E-state index contributed by atoms with van der Waals surface area (Å²) in [4.78, 5) is 0. The van der Waals surface area contributed by atoms with Crippen LogP contribution in [0.25, 0.3) is 11.1 Å². The van der Waals surface area contributed by atoms with Crippen molar-refractivity contribution in [1.82, 2.24) is 0 Å². The second-order valence-electron chi connectivity index (χ2n) is 9.96. The van der Waals surface area contributed by atoms with Gasteiger partial charge in [0.05, 0.1) is 5.02 Å². The van der Waals surface area contributed by atoms with E-state index in [2.05, 4.69) is 6.92 Å². The Morgan fingerprint density at radius 1 is 0.742 bits per heavy atom. The Kier molecular flexibility index (Phi) is 7.69. The molecule has 0 unspecified atom stereocenters. The lowest BCUT2D eigenvalue weighted by molar-refractivity contribution is 0.227. The van der Waals surface area contributed by atoms with Crippen molar-refractivity contribution in [3.8, 4) is 11.1 Å². The van der Waals surface area contributed by atoms with E-state index in [9.17, 15) is 8.78 Å². The molecule has 0 N–H and O–H groups in total. The number of hydrogen-bond acceptors (Lipinski definition) is 0. The van der Waals surface area contributed by atoms with Crippen LogP contribution in [0.15, 0.2) is 36.4 Å². The molecular formula is C28H35ClF2. The summed E-state index contributed by atoms with van der Waals surface area (Å²) in [5.41, 5.74) is 2.06. The van der Waals surface area contributed by atoms with E-state index in [4.69, 9.17) is 11.6 Å². The molecule has 0 atom stereocenters. The van der Waals surface area contributed by atoms with Gasteiger partial charge in [-0.3, -0.25) is 0 Å². The van der Waals surface area contributed by atoms with Gasteiger partial charge >= 0.3 is 0 Å². The molecule has 2 aliphatic rings. The molecular weight excluding hydrogens is 410 g/mol. The van der Waals surface area contributed by atoms with E-state index in [1.807, 2.05) is 6.07 Å². The van der Waals surface area contributed by atoms with E-state index in [1.165, 1.54) is 69.9 Å². The molecule has 0 nitrogen and oxygen atoms in total. The van der Waals surface area contributed by atoms with Crippen LogP contribution in [-0.4, -0.2) is 0 Å². The minimum atomic E-state index is -0.514. The highest BCUT2D eigenvalue weighted by Crippen LogP contribution is 2.41. The molecule has 0 heterocycles. The summed E-state index contributed by atoms with van der Waals surface area (Å²) < 4.78 is 28.6. The summed E-state index contributed by atoms with van der Waals surface area (Å²) >= 11 is 5.76. The van der Waals surface area contributed by atoms with Gasteiger partial charge in [0.1, 0.15) is 11.6 Å². The van der Waals surface area contributed by atoms with Gasteiger partial charge in [-0.1, -0.05) is 81.7 Å². The van der Waals surface area contributed by atoms with Gasteiger partial charge in [0, 0.05) is 5.56 Å². The van der Waals surface area contributed by atoms with Gasteiger partial charge < -0.3 is 0 Å². The van der Waals surface area contributed by atoms with Crippen LogP contribution in [0.5, 0.6) is 0 Å². The van der Waals surface area contributed by atoms with Crippen molar-refractivity contribution in [3.63, 3.8) is 0 Å². The molecule has 0 aromatic heterocycles. The first-order valence-electron chi connectivity index (χ1n) is 12.3. The molecule has 2 aliphatic carbocycles. The van der Waals surface area contributed by atoms with Crippen molar-refractivity contribution in [1.29, 1.82) is 0 Å². The average Bonchev–Trinajstić information content (AvgIpc) is 2.80. The second kappa shape index (κ2) is 10.5. The second-order valence-corrected chi connectivity index (χ2v) is 10.4. The monoisotopic (exact) mass is 444 g/mol. The summed E-state index contributed by atoms with van der Waals surface area (Å²) in [6, 6.07) is 9.95. The number of benzene rings is 2. The molecule has 3 heteroatoms. The van der Waals surface area contributed by atoms with Crippen molar-refractivity contribution in [2.24, 2.45) is 17.8 Å². The fourth-order valence-corrected chi connectivity index (χ4v) is 5.98. The normalized spacial score (nSPS) is 26.7. The average molecular weight is 445 g/mol. The van der Waals surface area contributed by atoms with Gasteiger partial charge in [-0.05, 0) is 78.7 Å². The van der Waals surface area contributed by atoms with Crippen LogP contribution >= 0.6 is 11.6 Å². The van der Waals surface area contributed by atoms with Gasteiger partial charge in [0.2, 0.25) is 0 Å². The zero-order valence-electron chi connectivity index (χ0n) is 18.7. The molecule has 2 aromatic carbocycles. The van der Waals surface area contributed by atoms with Crippen molar-refractivity contribution >= 4 is 11.6 Å². The Labute approximate surface area is 191 Å². The maximum atomic E-state index is 14.8. The fraction of sp³-hybridized carbons (Fsp3) is 0.571. The molecule has 0 bridgehead atoms. The zero-order valence-corrected chi connectivity index (χ0v) is 19.4. The van der Waals surface area contributed by atoms with E-state index < -0.39 is 5.82 Å². The van der Waals surface area contributed by atoms with Crippen LogP contribution < -0.4 is 0 Å². The van der Waals surface area contributed by atoms with E-state index in [0.717, 1.165) is 36.2 Å². The molecule has 168 valence electrons. The van der Waals surface area contributed by atoms with Gasteiger partial charge in [-0.2, -0.15) is 0 Å². The van der Waals surface area contributed by atoms with Gasteiger partial charge in [0.25, 0.3) is 0 Å². The zero-order chi connectivity index (χ0) is 21.8. The molecule has 0 radical (unpaired) electrons. The Morgan fingerprint density at radius 3 is 1.94 bits per heavy atom. The van der Waals surface area contributed by atoms with Crippen molar-refractivity contribution in [2.45, 2.75) is 83.5 Å². The van der Waals surface area contributed by atoms with E-state index in [1.54, 1.807) is 18.2 Å². The molecule has 2 fully saturated rings. The highest BCUT2D eigenvalue weighted by atomic mass is 35.5. The summed E-state index contributed by atoms with van der Waals surface area (Å²) in [6.45, 7) is 2.33. The Balaban J connectivity index is 1.29. The van der Waals surface area contributed by atoms with Crippen LogP contribution in [0.4, 0.5) is 8.78 Å². The first-order valence-corrected chi connectivity index (χ1v) is 12.7. The lowest BCUT2D eigenvalue weighted by Crippen LogP contribution is -2.17. The molecule has 0 saturated heterocycles. The Morgan fingerprint density at radius 2 is 1.35 bits per heavy atom. The van der Waals surface area contributed by atoms with Crippen LogP contribution in [0.2, 0.25) is 5.02 Å². The van der Waals surface area contributed by atoms with E-state index in [0.29, 0.717) is 17.0 Å². The van der Waals surface area contributed by atoms with Crippen LogP contribution in [-0.2, 0) is 0 Å². The van der Waals surface area contributed by atoms with Crippen LogP contribution in [0.3, 0.4) is 0 Å². The summed E-state index contributed by atoms with van der Waals surface area (Å²) in [5, 5.41) is 0.0613. The first kappa shape index (κ1) is 22.8. The van der Waals surface area contributed by atoms with Crippen molar-refractivity contribution < 1.29 is 8.78 Å². The number of rotatable bonds is 6. The summed E-state index contributed by atoms with van der Waals surface area (Å²) in [6.07, 6.45) is 14.8. The largest absolute Gasteiger partial charge is 0.206 e. The minimum Gasteiger partial charge on any atom is -0.206 e. The van der Waals surface area contributed by atoms with E-state index >= 15 is 0 Å². The molecule has 0 amide bonds. The van der Waals surface area contributed by atoms with Crippen LogP contribution in [0, 0.1) is 29.4 Å². The maximum absolute atomic E-state index is 14.8. The molecule has 2 aromatic rings. The molecule has 0 aliphatic heterocycles. The maximum Gasteiger partial charge on any atom is 0.142 e. The van der Waals surface area contributed by atoms with Crippen molar-refractivity contribution in [2.75, 3.05) is 0 Å². The Bertz CT molecular complexity index is 861. The third-order valence-corrected chi connectivity index (χ3v) is 8.38. The predicted molar refractivity (Wildman–Crippen MR) is 126 cm³/mol. The molecule has 31 heavy (non-hydrogen) atoms. The molecule has 4 rings (SSSR count). The van der Waals surface area contributed by atoms with Crippen LogP contribution in [0.1, 0.15) is 89.0 Å².